The van der Waals surface area contributed by atoms with Crippen molar-refractivity contribution in [2.75, 3.05) is 39.3 Å². The van der Waals surface area contributed by atoms with Crippen molar-refractivity contribution in [1.82, 2.24) is 24.8 Å². The molecule has 0 spiro atoms. The minimum Gasteiger partial charge on any atom is -0.341 e. The van der Waals surface area contributed by atoms with E-state index in [9.17, 15) is 4.79 Å². The maximum atomic E-state index is 12.6. The van der Waals surface area contributed by atoms with Gasteiger partial charge in [0.25, 0.3) is 0 Å². The number of aromatic nitrogens is 2. The molecule has 28 heavy (non-hydrogen) atoms. The molecular formula is C20H26ClN5O2. The summed E-state index contributed by atoms with van der Waals surface area (Å²) in [4.78, 5) is 23.7. The topological polar surface area (TPSA) is 65.7 Å². The van der Waals surface area contributed by atoms with Crippen LogP contribution in [0.4, 0.5) is 0 Å². The fraction of sp³-hybridized carbons (Fsp3) is 0.550. The molecule has 7 nitrogen and oxygen atoms in total. The molecule has 2 aliphatic rings. The first-order chi connectivity index (χ1) is 13.6. The summed E-state index contributed by atoms with van der Waals surface area (Å²) in [5, 5.41) is 4.76. The molecule has 2 saturated heterocycles. The van der Waals surface area contributed by atoms with Crippen LogP contribution in [0.25, 0.3) is 11.4 Å². The molecule has 1 unspecified atom stereocenters. The van der Waals surface area contributed by atoms with E-state index >= 15 is 0 Å². The number of hydrogen-bond donors (Lipinski definition) is 0. The molecule has 1 aromatic carbocycles. The molecule has 0 saturated carbocycles. The molecule has 4 rings (SSSR count). The van der Waals surface area contributed by atoms with Gasteiger partial charge in [-0.3, -0.25) is 14.6 Å². The van der Waals surface area contributed by atoms with Gasteiger partial charge >= 0.3 is 0 Å². The van der Waals surface area contributed by atoms with E-state index in [0.717, 1.165) is 57.7 Å². The van der Waals surface area contributed by atoms with Crippen LogP contribution in [-0.4, -0.2) is 76.1 Å². The molecule has 1 atom stereocenters. The SMILES string of the molecule is CC(C(=O)N1CCCC1)N1CCN(Cc2nc(-c3ccc(Cl)cc3)no2)CC1. The number of carbonyl (C=O) groups excluding carboxylic acids is 1. The summed E-state index contributed by atoms with van der Waals surface area (Å²) in [6.45, 7) is 8.01. The summed E-state index contributed by atoms with van der Waals surface area (Å²) in [5.41, 5.74) is 0.887. The van der Waals surface area contributed by atoms with Gasteiger partial charge in [0.2, 0.25) is 17.6 Å². The van der Waals surface area contributed by atoms with E-state index in [0.29, 0.717) is 23.3 Å². The smallest absolute Gasteiger partial charge is 0.241 e. The number of hydrogen-bond acceptors (Lipinski definition) is 6. The molecule has 3 heterocycles. The number of halogens is 1. The fourth-order valence-electron chi connectivity index (χ4n) is 3.89. The van der Waals surface area contributed by atoms with Gasteiger partial charge < -0.3 is 9.42 Å². The lowest BCUT2D eigenvalue weighted by Gasteiger charge is -2.37. The molecule has 2 aliphatic heterocycles. The quantitative estimate of drug-likeness (QED) is 0.764. The molecule has 0 N–H and O–H groups in total. The second-order valence-corrected chi connectivity index (χ2v) is 7.98. The predicted octanol–water partition coefficient (Wildman–Crippen LogP) is 2.52. The van der Waals surface area contributed by atoms with Crippen LogP contribution in [0.2, 0.25) is 5.02 Å². The van der Waals surface area contributed by atoms with E-state index in [1.165, 1.54) is 0 Å². The summed E-state index contributed by atoms with van der Waals surface area (Å²) in [6.07, 6.45) is 2.27. The van der Waals surface area contributed by atoms with Gasteiger partial charge in [-0.05, 0) is 44.0 Å². The highest BCUT2D eigenvalue weighted by molar-refractivity contribution is 6.30. The Hall–Kier alpha value is -1.96. The lowest BCUT2D eigenvalue weighted by Crippen LogP contribution is -2.54. The van der Waals surface area contributed by atoms with E-state index in [-0.39, 0.29) is 11.9 Å². The zero-order chi connectivity index (χ0) is 19.5. The zero-order valence-electron chi connectivity index (χ0n) is 16.2. The van der Waals surface area contributed by atoms with Gasteiger partial charge in [0.1, 0.15) is 0 Å². The normalized spacial score (nSPS) is 19.9. The molecule has 0 aliphatic carbocycles. The molecule has 0 radical (unpaired) electrons. The average molecular weight is 404 g/mol. The third-order valence-electron chi connectivity index (χ3n) is 5.66. The van der Waals surface area contributed by atoms with Crippen LogP contribution in [-0.2, 0) is 11.3 Å². The predicted molar refractivity (Wildman–Crippen MR) is 107 cm³/mol. The third-order valence-corrected chi connectivity index (χ3v) is 5.91. The van der Waals surface area contributed by atoms with Crippen LogP contribution in [0.3, 0.4) is 0 Å². The largest absolute Gasteiger partial charge is 0.341 e. The number of amides is 1. The summed E-state index contributed by atoms with van der Waals surface area (Å²) < 4.78 is 5.42. The van der Waals surface area contributed by atoms with Gasteiger partial charge in [-0.1, -0.05) is 16.8 Å². The number of carbonyl (C=O) groups is 1. The van der Waals surface area contributed by atoms with E-state index in [1.54, 1.807) is 0 Å². The standard InChI is InChI=1S/C20H26ClN5O2/c1-15(20(27)26-8-2-3-9-26)25-12-10-24(11-13-25)14-18-22-19(23-28-18)16-4-6-17(21)7-5-16/h4-7,15H,2-3,8-14H2,1H3. The molecule has 2 aromatic rings. The van der Waals surface area contributed by atoms with Crippen LogP contribution in [0, 0.1) is 0 Å². The van der Waals surface area contributed by atoms with Gasteiger partial charge in [-0.2, -0.15) is 4.98 Å². The Morgan fingerprint density at radius 3 is 2.46 bits per heavy atom. The molecule has 2 fully saturated rings. The summed E-state index contributed by atoms with van der Waals surface area (Å²) >= 11 is 5.92. The minimum absolute atomic E-state index is 0.0415. The zero-order valence-corrected chi connectivity index (χ0v) is 16.9. The Bertz CT molecular complexity index is 795. The average Bonchev–Trinajstić information content (AvgIpc) is 3.40. The van der Waals surface area contributed by atoms with Crippen LogP contribution in [0.15, 0.2) is 28.8 Å². The van der Waals surface area contributed by atoms with Crippen molar-refractivity contribution in [3.05, 3.63) is 35.2 Å². The Morgan fingerprint density at radius 1 is 1.11 bits per heavy atom. The fourth-order valence-corrected chi connectivity index (χ4v) is 4.02. The van der Waals surface area contributed by atoms with Crippen molar-refractivity contribution < 1.29 is 9.32 Å². The van der Waals surface area contributed by atoms with Gasteiger partial charge in [0.05, 0.1) is 12.6 Å². The molecule has 0 bridgehead atoms. The van der Waals surface area contributed by atoms with E-state index in [4.69, 9.17) is 16.1 Å². The first-order valence-electron chi connectivity index (χ1n) is 9.94. The van der Waals surface area contributed by atoms with Crippen LogP contribution in [0.5, 0.6) is 0 Å². The van der Waals surface area contributed by atoms with Crippen molar-refractivity contribution in [2.24, 2.45) is 0 Å². The van der Waals surface area contributed by atoms with Crippen molar-refractivity contribution in [1.29, 1.82) is 0 Å². The molecule has 1 amide bonds. The van der Waals surface area contributed by atoms with E-state index in [1.807, 2.05) is 36.1 Å². The number of nitrogens with zero attached hydrogens (tertiary/aromatic N) is 5. The molecule has 8 heteroatoms. The highest BCUT2D eigenvalue weighted by Crippen LogP contribution is 2.20. The monoisotopic (exact) mass is 403 g/mol. The minimum atomic E-state index is -0.0415. The Labute approximate surface area is 170 Å². The van der Waals surface area contributed by atoms with Gasteiger partial charge in [0, 0.05) is 49.9 Å². The van der Waals surface area contributed by atoms with Crippen LogP contribution >= 0.6 is 11.6 Å². The van der Waals surface area contributed by atoms with Crippen molar-refractivity contribution in [3.63, 3.8) is 0 Å². The third kappa shape index (κ3) is 4.37. The summed E-state index contributed by atoms with van der Waals surface area (Å²) in [7, 11) is 0. The lowest BCUT2D eigenvalue weighted by atomic mass is 10.2. The van der Waals surface area contributed by atoms with Crippen molar-refractivity contribution in [2.45, 2.75) is 32.4 Å². The summed E-state index contributed by atoms with van der Waals surface area (Å²) in [5.74, 6) is 1.46. The van der Waals surface area contributed by atoms with Crippen LogP contribution < -0.4 is 0 Å². The van der Waals surface area contributed by atoms with Gasteiger partial charge in [-0.25, -0.2) is 0 Å². The molecule has 1 aromatic heterocycles. The second kappa shape index (κ2) is 8.59. The van der Waals surface area contributed by atoms with Crippen molar-refractivity contribution >= 4 is 17.5 Å². The Morgan fingerprint density at radius 2 is 1.79 bits per heavy atom. The van der Waals surface area contributed by atoms with Crippen LogP contribution in [0.1, 0.15) is 25.7 Å². The molecule has 150 valence electrons. The van der Waals surface area contributed by atoms with Crippen molar-refractivity contribution in [3.8, 4) is 11.4 Å². The first-order valence-corrected chi connectivity index (χ1v) is 10.3. The number of benzene rings is 1. The first kappa shape index (κ1) is 19.4. The summed E-state index contributed by atoms with van der Waals surface area (Å²) in [6, 6.07) is 7.36. The van der Waals surface area contributed by atoms with E-state index in [2.05, 4.69) is 19.9 Å². The number of likely N-dealkylation sites (tertiary alicyclic amines) is 1. The Kier molecular flexibility index (Phi) is 5.94. The highest BCUT2D eigenvalue weighted by atomic mass is 35.5. The molecular weight excluding hydrogens is 378 g/mol. The maximum Gasteiger partial charge on any atom is 0.241 e. The number of rotatable bonds is 5. The Balaban J connectivity index is 1.28. The second-order valence-electron chi connectivity index (χ2n) is 7.54. The number of piperazine rings is 1. The van der Waals surface area contributed by atoms with Gasteiger partial charge in [0.15, 0.2) is 0 Å². The highest BCUT2D eigenvalue weighted by Gasteiger charge is 2.30. The maximum absolute atomic E-state index is 12.6. The van der Waals surface area contributed by atoms with Gasteiger partial charge in [-0.15, -0.1) is 0 Å². The van der Waals surface area contributed by atoms with E-state index < -0.39 is 0 Å². The lowest BCUT2D eigenvalue weighted by molar-refractivity contribution is -0.136.